The van der Waals surface area contributed by atoms with Gasteiger partial charge in [-0.3, -0.25) is 0 Å². The van der Waals surface area contributed by atoms with E-state index in [9.17, 15) is 0 Å². The van der Waals surface area contributed by atoms with Gasteiger partial charge < -0.3 is 18.6 Å². The van der Waals surface area contributed by atoms with Crippen molar-refractivity contribution in [3.8, 4) is 0 Å². The minimum absolute atomic E-state index is 0.440. The van der Waals surface area contributed by atoms with Crippen LogP contribution in [-0.2, 0) is 0 Å². The first-order chi connectivity index (χ1) is 36.3. The van der Waals surface area contributed by atoms with Crippen molar-refractivity contribution in [1.29, 1.82) is 0 Å². The molecule has 74 heavy (non-hydrogen) atoms. The maximum absolute atomic E-state index is 6.66. The summed E-state index contributed by atoms with van der Waals surface area (Å²) in [7, 11) is 0. The molecule has 0 saturated carbocycles. The second-order valence-corrected chi connectivity index (χ2v) is 22.6. The Morgan fingerprint density at radius 2 is 0.730 bits per heavy atom. The van der Waals surface area contributed by atoms with Crippen LogP contribution < -0.4 is 9.80 Å². The van der Waals surface area contributed by atoms with Crippen LogP contribution in [0.2, 0.25) is 0 Å². The summed E-state index contributed by atoms with van der Waals surface area (Å²) in [6.45, 7) is 8.99. The highest BCUT2D eigenvalue weighted by Crippen LogP contribution is 2.49. The first-order valence-electron chi connectivity index (χ1n) is 25.6. The SMILES string of the molecule is CC(C)c1ccc(N(c2ccc3cc4c(cc3c2)sc2c4ccc3c4cc5ccc(N(c6ccc(C(C)C)cc6)c6cccc7c6oc6ccccc67)cc5cc4sc32)c2cccc3c2oc2ccccc23)cc1. The summed E-state index contributed by atoms with van der Waals surface area (Å²) in [6, 6.07) is 75.9. The fourth-order valence-electron chi connectivity index (χ4n) is 11.5. The number of para-hydroxylation sites is 4. The molecule has 4 heterocycles. The van der Waals surface area contributed by atoms with Crippen molar-refractivity contribution < 1.29 is 8.83 Å². The first kappa shape index (κ1) is 43.2. The molecule has 11 aromatic carbocycles. The van der Waals surface area contributed by atoms with Crippen LogP contribution in [0.15, 0.2) is 215 Å². The van der Waals surface area contributed by atoms with E-state index in [0.29, 0.717) is 11.8 Å². The Hall–Kier alpha value is -8.42. The molecule has 0 amide bonds. The highest BCUT2D eigenvalue weighted by atomic mass is 32.1. The Morgan fingerprint density at radius 3 is 1.16 bits per heavy atom. The maximum Gasteiger partial charge on any atom is 0.159 e. The average Bonchev–Trinajstić information content (AvgIpc) is 4.21. The zero-order chi connectivity index (χ0) is 49.3. The number of nitrogens with zero attached hydrogens (tertiary/aromatic N) is 2. The van der Waals surface area contributed by atoms with E-state index in [4.69, 9.17) is 8.83 Å². The van der Waals surface area contributed by atoms with E-state index in [-0.39, 0.29) is 0 Å². The second kappa shape index (κ2) is 16.6. The van der Waals surface area contributed by atoms with E-state index in [1.807, 2.05) is 34.8 Å². The number of hydrogen-bond donors (Lipinski definition) is 0. The zero-order valence-corrected chi connectivity index (χ0v) is 42.9. The Kier molecular flexibility index (Phi) is 9.66. The maximum atomic E-state index is 6.66. The third-order valence-electron chi connectivity index (χ3n) is 15.4. The lowest BCUT2D eigenvalue weighted by Gasteiger charge is -2.26. The lowest BCUT2D eigenvalue weighted by Crippen LogP contribution is -2.10. The van der Waals surface area contributed by atoms with E-state index in [0.717, 1.165) is 78.0 Å². The summed E-state index contributed by atoms with van der Waals surface area (Å²) in [5.41, 5.74) is 12.6. The smallest absolute Gasteiger partial charge is 0.159 e. The molecule has 0 N–H and O–H groups in total. The van der Waals surface area contributed by atoms with Crippen LogP contribution in [-0.4, -0.2) is 0 Å². The number of anilines is 6. The number of fused-ring (bicyclic) bond motifs is 15. The minimum atomic E-state index is 0.440. The van der Waals surface area contributed by atoms with Crippen LogP contribution in [0, 0.1) is 0 Å². The first-order valence-corrected chi connectivity index (χ1v) is 27.2. The van der Waals surface area contributed by atoms with Gasteiger partial charge in [0.05, 0.1) is 20.8 Å². The van der Waals surface area contributed by atoms with E-state index in [1.165, 1.54) is 73.0 Å². The molecular weight excluding hydrogens is 941 g/mol. The van der Waals surface area contributed by atoms with Gasteiger partial charge in [0, 0.05) is 75.2 Å². The molecule has 0 unspecified atom stereocenters. The monoisotopic (exact) mass is 988 g/mol. The molecule has 0 aliphatic heterocycles. The molecule has 15 rings (SSSR count). The van der Waals surface area contributed by atoms with Crippen molar-refractivity contribution in [2.24, 2.45) is 0 Å². The predicted molar refractivity (Wildman–Crippen MR) is 319 cm³/mol. The Morgan fingerprint density at radius 1 is 0.324 bits per heavy atom. The van der Waals surface area contributed by atoms with Crippen molar-refractivity contribution in [3.63, 3.8) is 0 Å². The molecule has 0 radical (unpaired) electrons. The Labute approximate surface area is 435 Å². The standard InChI is InChI=1S/C68H48N2O2S2/c1-39(2)41-19-25-47(26-20-41)69(59-15-9-13-53-51-11-5-7-17-61(51)71-65(53)59)49-29-23-43-35-57-55-31-32-56-58-36-44-24-30-50(34-46(44)38-64(58)74-68(56)67(55)73-63(57)37-45(43)33-49)70(48-27-21-42(22-28-48)40(3)4)60-16-10-14-54-52-12-6-8-18-62(52)72-66(54)60/h5-40H,1-4H3. The van der Waals surface area contributed by atoms with Crippen molar-refractivity contribution in [3.05, 3.63) is 217 Å². The van der Waals surface area contributed by atoms with E-state index in [1.54, 1.807) is 0 Å². The normalized spacial score (nSPS) is 12.3. The Bertz CT molecular complexity index is 4440. The van der Waals surface area contributed by atoms with Gasteiger partial charge in [0.25, 0.3) is 0 Å². The van der Waals surface area contributed by atoms with Gasteiger partial charge in [0.15, 0.2) is 11.2 Å². The fourth-order valence-corrected chi connectivity index (χ4v) is 14.1. The molecule has 0 atom stereocenters. The summed E-state index contributed by atoms with van der Waals surface area (Å²) < 4.78 is 18.6. The Balaban J connectivity index is 0.851. The summed E-state index contributed by atoms with van der Waals surface area (Å²) in [5.74, 6) is 0.879. The third kappa shape index (κ3) is 6.71. The van der Waals surface area contributed by atoms with Gasteiger partial charge in [-0.1, -0.05) is 137 Å². The number of thiophene rings is 2. The van der Waals surface area contributed by atoms with Crippen LogP contribution in [0.1, 0.15) is 50.7 Å². The summed E-state index contributed by atoms with van der Waals surface area (Å²) in [4.78, 5) is 4.72. The zero-order valence-electron chi connectivity index (χ0n) is 41.3. The summed E-state index contributed by atoms with van der Waals surface area (Å²) >= 11 is 3.83. The average molecular weight is 989 g/mol. The van der Waals surface area contributed by atoms with Gasteiger partial charge >= 0.3 is 0 Å². The van der Waals surface area contributed by atoms with E-state index < -0.39 is 0 Å². The number of benzene rings is 11. The number of furan rings is 2. The molecule has 0 aliphatic rings. The molecule has 0 bridgehead atoms. The molecule has 15 aromatic rings. The molecule has 0 fully saturated rings. The predicted octanol–water partition coefficient (Wildman–Crippen LogP) is 21.7. The van der Waals surface area contributed by atoms with Crippen molar-refractivity contribution >= 4 is 163 Å². The molecule has 6 heteroatoms. The number of rotatable bonds is 8. The molecule has 0 aliphatic carbocycles. The van der Waals surface area contributed by atoms with Gasteiger partial charge in [0.1, 0.15) is 11.2 Å². The van der Waals surface area contributed by atoms with E-state index >= 15 is 0 Å². The summed E-state index contributed by atoms with van der Waals surface area (Å²) in [5, 5.41) is 14.5. The van der Waals surface area contributed by atoms with Crippen molar-refractivity contribution in [2.45, 2.75) is 39.5 Å². The molecule has 0 spiro atoms. The van der Waals surface area contributed by atoms with Gasteiger partial charge in [-0.05, 0) is 142 Å². The summed E-state index contributed by atoms with van der Waals surface area (Å²) in [6.07, 6.45) is 0. The van der Waals surface area contributed by atoms with Crippen LogP contribution in [0.5, 0.6) is 0 Å². The van der Waals surface area contributed by atoms with E-state index in [2.05, 4.69) is 232 Å². The van der Waals surface area contributed by atoms with Crippen LogP contribution >= 0.6 is 22.7 Å². The lowest BCUT2D eigenvalue weighted by atomic mass is 10.0. The van der Waals surface area contributed by atoms with Gasteiger partial charge in [-0.2, -0.15) is 0 Å². The largest absolute Gasteiger partial charge is 0.454 e. The van der Waals surface area contributed by atoms with Gasteiger partial charge in [0.2, 0.25) is 0 Å². The highest BCUT2D eigenvalue weighted by molar-refractivity contribution is 7.33. The quantitative estimate of drug-likeness (QED) is 0.152. The van der Waals surface area contributed by atoms with Crippen molar-refractivity contribution in [1.82, 2.24) is 0 Å². The third-order valence-corrected chi connectivity index (χ3v) is 17.9. The molecular formula is C68H48N2O2S2. The molecule has 4 nitrogen and oxygen atoms in total. The molecule has 354 valence electrons. The molecule has 0 saturated heterocycles. The topological polar surface area (TPSA) is 32.8 Å². The fraction of sp³-hybridized carbons (Fsp3) is 0.0882. The van der Waals surface area contributed by atoms with Crippen molar-refractivity contribution in [2.75, 3.05) is 9.80 Å². The highest BCUT2D eigenvalue weighted by Gasteiger charge is 2.23. The van der Waals surface area contributed by atoms with Crippen LogP contribution in [0.25, 0.3) is 106 Å². The van der Waals surface area contributed by atoms with Crippen LogP contribution in [0.3, 0.4) is 0 Å². The molecule has 4 aromatic heterocycles. The van der Waals surface area contributed by atoms with Crippen LogP contribution in [0.4, 0.5) is 34.1 Å². The van der Waals surface area contributed by atoms with Gasteiger partial charge in [-0.25, -0.2) is 0 Å². The minimum Gasteiger partial charge on any atom is -0.454 e. The lowest BCUT2D eigenvalue weighted by molar-refractivity contribution is 0.668. The second-order valence-electron chi connectivity index (χ2n) is 20.5. The number of hydrogen-bond acceptors (Lipinski definition) is 6. The van der Waals surface area contributed by atoms with Gasteiger partial charge in [-0.15, -0.1) is 22.7 Å².